The van der Waals surface area contributed by atoms with Gasteiger partial charge in [-0.1, -0.05) is 103 Å². The molecule has 3 N–H and O–H groups in total. The third kappa shape index (κ3) is 11.0. The number of amides is 3. The van der Waals surface area contributed by atoms with Crippen molar-refractivity contribution in [2.45, 2.75) is 64.3 Å². The molecule has 3 amide bonds. The molecule has 2 heterocycles. The molecule has 1 aliphatic heterocycles. The number of benzene rings is 4. The van der Waals surface area contributed by atoms with Crippen molar-refractivity contribution in [1.29, 1.82) is 0 Å². The summed E-state index contributed by atoms with van der Waals surface area (Å²) in [6.45, 7) is 1.47. The van der Waals surface area contributed by atoms with E-state index in [-0.39, 0.29) is 25.1 Å². The molecule has 1 fully saturated rings. The number of esters is 1. The van der Waals surface area contributed by atoms with E-state index < -0.39 is 54.2 Å². The van der Waals surface area contributed by atoms with Crippen LogP contribution in [0, 0.1) is 0 Å². The molecule has 6 rings (SSSR count). The summed E-state index contributed by atoms with van der Waals surface area (Å²) in [6, 6.07) is 37.1. The molecule has 55 heavy (non-hydrogen) atoms. The van der Waals surface area contributed by atoms with Crippen molar-refractivity contribution >= 4 is 29.4 Å². The number of cyclic esters (lactones) is 1. The predicted molar refractivity (Wildman–Crippen MR) is 205 cm³/mol. The third-order valence-electron chi connectivity index (χ3n) is 8.92. The molecule has 3 atom stereocenters. The fourth-order valence-corrected chi connectivity index (χ4v) is 6.17. The summed E-state index contributed by atoms with van der Waals surface area (Å²) in [5, 5.41) is 8.16. The average Bonchev–Trinajstić information content (AvgIpc) is 3.54. The number of hydrogen-bond donors (Lipinski definition) is 3. The molecule has 0 aliphatic carbocycles. The van der Waals surface area contributed by atoms with Crippen LogP contribution < -0.4 is 26.2 Å². The maximum atomic E-state index is 14.0. The SMILES string of the molecule is CC(=O)N[C@@H](Cc1ccc(OCc2ccccc2)cc1)C(=O)Nc1ccc(Cc2ccccc2)n(CC(=O)NC2CC(=O)OC2OCc2ccccc2)c1=O. The van der Waals surface area contributed by atoms with Crippen molar-refractivity contribution in [3.05, 3.63) is 166 Å². The Morgan fingerprint density at radius 3 is 2.02 bits per heavy atom. The molecule has 0 radical (unpaired) electrons. The van der Waals surface area contributed by atoms with Crippen LogP contribution in [0.4, 0.5) is 5.69 Å². The Balaban J connectivity index is 1.16. The van der Waals surface area contributed by atoms with Gasteiger partial charge in [0.05, 0.1) is 13.0 Å². The van der Waals surface area contributed by atoms with Crippen LogP contribution in [-0.4, -0.2) is 46.6 Å². The number of nitrogens with one attached hydrogen (secondary N) is 3. The van der Waals surface area contributed by atoms with E-state index in [9.17, 15) is 24.0 Å². The minimum absolute atomic E-state index is 0.0712. The van der Waals surface area contributed by atoms with Gasteiger partial charge in [0.2, 0.25) is 24.0 Å². The second-order valence-corrected chi connectivity index (χ2v) is 13.2. The predicted octanol–water partition coefficient (Wildman–Crippen LogP) is 4.68. The summed E-state index contributed by atoms with van der Waals surface area (Å²) in [5.74, 6) is -1.45. The van der Waals surface area contributed by atoms with Crippen LogP contribution in [0.5, 0.6) is 5.75 Å². The molecule has 4 aromatic carbocycles. The van der Waals surface area contributed by atoms with E-state index >= 15 is 0 Å². The van der Waals surface area contributed by atoms with Gasteiger partial charge in [-0.15, -0.1) is 0 Å². The molecule has 1 saturated heterocycles. The second-order valence-electron chi connectivity index (χ2n) is 13.2. The van der Waals surface area contributed by atoms with Gasteiger partial charge in [0, 0.05) is 25.5 Å². The Morgan fingerprint density at radius 1 is 0.764 bits per heavy atom. The van der Waals surface area contributed by atoms with E-state index in [1.165, 1.54) is 17.6 Å². The van der Waals surface area contributed by atoms with Crippen LogP contribution in [0.3, 0.4) is 0 Å². The average molecular weight is 743 g/mol. The Hall–Kier alpha value is -6.53. The van der Waals surface area contributed by atoms with Crippen molar-refractivity contribution < 1.29 is 33.4 Å². The molecule has 5 aromatic rings. The van der Waals surface area contributed by atoms with Crippen molar-refractivity contribution in [2.24, 2.45) is 0 Å². The monoisotopic (exact) mass is 742 g/mol. The summed E-state index contributed by atoms with van der Waals surface area (Å²) >= 11 is 0. The highest BCUT2D eigenvalue weighted by atomic mass is 16.7. The molecule has 2 unspecified atom stereocenters. The summed E-state index contributed by atoms with van der Waals surface area (Å²) in [5.41, 5.74) is 3.39. The lowest BCUT2D eigenvalue weighted by atomic mass is 10.0. The van der Waals surface area contributed by atoms with E-state index in [0.29, 0.717) is 24.5 Å². The van der Waals surface area contributed by atoms with Crippen LogP contribution in [0.2, 0.25) is 0 Å². The maximum absolute atomic E-state index is 14.0. The Bertz CT molecular complexity index is 2140. The largest absolute Gasteiger partial charge is 0.489 e. The van der Waals surface area contributed by atoms with Crippen molar-refractivity contribution in [1.82, 2.24) is 15.2 Å². The topological polar surface area (TPSA) is 154 Å². The van der Waals surface area contributed by atoms with Gasteiger partial charge in [0.25, 0.3) is 5.56 Å². The molecule has 1 aliphatic rings. The first-order valence-corrected chi connectivity index (χ1v) is 17.9. The van der Waals surface area contributed by atoms with Gasteiger partial charge < -0.3 is 34.7 Å². The second kappa shape index (κ2) is 18.5. The maximum Gasteiger partial charge on any atom is 0.310 e. The first kappa shape index (κ1) is 38.2. The number of aromatic nitrogens is 1. The van der Waals surface area contributed by atoms with E-state index in [2.05, 4.69) is 16.0 Å². The smallest absolute Gasteiger partial charge is 0.310 e. The van der Waals surface area contributed by atoms with Crippen molar-refractivity contribution in [2.75, 3.05) is 5.32 Å². The number of carbonyl (C=O) groups is 4. The summed E-state index contributed by atoms with van der Waals surface area (Å²) in [6.07, 6.45) is -0.638. The first-order chi connectivity index (χ1) is 26.7. The lowest BCUT2D eigenvalue weighted by Crippen LogP contribution is -2.46. The number of hydrogen-bond acceptors (Lipinski definition) is 8. The summed E-state index contributed by atoms with van der Waals surface area (Å²) in [7, 11) is 0. The van der Waals surface area contributed by atoms with Gasteiger partial charge in [0.1, 0.15) is 36.7 Å². The number of pyridine rings is 1. The van der Waals surface area contributed by atoms with Gasteiger partial charge in [-0.05, 0) is 46.5 Å². The van der Waals surface area contributed by atoms with E-state index in [0.717, 1.165) is 22.3 Å². The minimum atomic E-state index is -1.01. The van der Waals surface area contributed by atoms with Crippen molar-refractivity contribution in [3.63, 3.8) is 0 Å². The summed E-state index contributed by atoms with van der Waals surface area (Å²) in [4.78, 5) is 65.6. The zero-order valence-corrected chi connectivity index (χ0v) is 30.3. The minimum Gasteiger partial charge on any atom is -0.489 e. The zero-order valence-electron chi connectivity index (χ0n) is 30.3. The normalized spacial score (nSPS) is 15.4. The van der Waals surface area contributed by atoms with Gasteiger partial charge in [0.15, 0.2) is 0 Å². The number of anilines is 1. The lowest BCUT2D eigenvalue weighted by Gasteiger charge is -2.21. The van der Waals surface area contributed by atoms with Gasteiger partial charge in [-0.2, -0.15) is 0 Å². The molecule has 12 nitrogen and oxygen atoms in total. The van der Waals surface area contributed by atoms with E-state index in [1.807, 2.05) is 103 Å². The van der Waals surface area contributed by atoms with Crippen LogP contribution in [0.25, 0.3) is 0 Å². The number of rotatable bonds is 16. The fraction of sp³-hybridized carbons (Fsp3) is 0.233. The third-order valence-corrected chi connectivity index (χ3v) is 8.92. The molecule has 12 heteroatoms. The highest BCUT2D eigenvalue weighted by molar-refractivity contribution is 5.97. The van der Waals surface area contributed by atoms with Crippen LogP contribution in [-0.2, 0) is 61.3 Å². The molecular weight excluding hydrogens is 700 g/mol. The highest BCUT2D eigenvalue weighted by Crippen LogP contribution is 2.20. The number of ether oxygens (including phenoxy) is 3. The quantitative estimate of drug-likeness (QED) is 0.123. The standard InChI is InChI=1S/C43H42N4O8/c1-29(48)44-37(24-31-17-20-35(21-18-31)53-27-32-13-7-3-8-14-32)41(51)46-36-22-19-34(23-30-11-5-2-6-12-30)47(42(36)52)26-39(49)45-38-25-40(50)55-43(38)54-28-33-15-9-4-10-16-33/h2-22,37-38,43H,23-28H2,1H3,(H,44,48)(H,45,49)(H,46,51)/t37-,38?,43?/m0/s1. The number of carbonyl (C=O) groups excluding carboxylic acids is 4. The van der Waals surface area contributed by atoms with Gasteiger partial charge in [-0.3, -0.25) is 24.0 Å². The molecule has 1 aromatic heterocycles. The lowest BCUT2D eigenvalue weighted by molar-refractivity contribution is -0.168. The fourth-order valence-electron chi connectivity index (χ4n) is 6.17. The highest BCUT2D eigenvalue weighted by Gasteiger charge is 2.37. The molecule has 0 saturated carbocycles. The summed E-state index contributed by atoms with van der Waals surface area (Å²) < 4.78 is 18.3. The van der Waals surface area contributed by atoms with Crippen LogP contribution >= 0.6 is 0 Å². The molecule has 0 spiro atoms. The van der Waals surface area contributed by atoms with Gasteiger partial charge >= 0.3 is 5.97 Å². The van der Waals surface area contributed by atoms with E-state index in [4.69, 9.17) is 14.2 Å². The van der Waals surface area contributed by atoms with Crippen LogP contribution in [0.1, 0.15) is 41.3 Å². The Morgan fingerprint density at radius 2 is 1.38 bits per heavy atom. The molecule has 0 bridgehead atoms. The van der Waals surface area contributed by atoms with Crippen molar-refractivity contribution in [3.8, 4) is 5.75 Å². The molecule has 282 valence electrons. The zero-order chi connectivity index (χ0) is 38.6. The van der Waals surface area contributed by atoms with E-state index in [1.54, 1.807) is 18.2 Å². The first-order valence-electron chi connectivity index (χ1n) is 17.9. The number of nitrogens with zero attached hydrogens (tertiary/aromatic N) is 1. The van der Waals surface area contributed by atoms with Crippen LogP contribution in [0.15, 0.2) is 132 Å². The molecular formula is C43H42N4O8. The van der Waals surface area contributed by atoms with Gasteiger partial charge in [-0.25, -0.2) is 0 Å². The Labute approximate surface area is 318 Å². The Kier molecular flexibility index (Phi) is 12.8.